The van der Waals surface area contributed by atoms with Crippen LogP contribution in [0.2, 0.25) is 0 Å². The average molecular weight is 604 g/mol. The molecule has 2 fully saturated rings. The fourth-order valence-electron chi connectivity index (χ4n) is 5.96. The molecule has 0 radical (unpaired) electrons. The Balaban J connectivity index is 1.35. The number of anilines is 2. The second kappa shape index (κ2) is 12.8. The van der Waals surface area contributed by atoms with E-state index in [1.165, 1.54) is 10.9 Å². The van der Waals surface area contributed by atoms with Gasteiger partial charge in [0.2, 0.25) is 5.95 Å². The molecule has 2 aromatic heterocycles. The van der Waals surface area contributed by atoms with Crippen LogP contribution in [0.25, 0.3) is 11.2 Å². The van der Waals surface area contributed by atoms with Gasteiger partial charge in [0.15, 0.2) is 29.3 Å². The smallest absolute Gasteiger partial charge is 0.252 e. The van der Waals surface area contributed by atoms with Gasteiger partial charge in [-0.2, -0.15) is 9.97 Å². The highest BCUT2D eigenvalue weighted by Gasteiger charge is 2.47. The Bertz CT molecular complexity index is 1520. The van der Waals surface area contributed by atoms with Crippen LogP contribution >= 0.6 is 0 Å². The molecule has 13 heteroatoms. The number of carbonyl (C=O) groups is 1. The van der Waals surface area contributed by atoms with Crippen LogP contribution in [0, 0.1) is 0 Å². The van der Waals surface area contributed by atoms with Gasteiger partial charge in [-0.1, -0.05) is 60.7 Å². The lowest BCUT2D eigenvalue weighted by atomic mass is 9.91. The first-order valence-electron chi connectivity index (χ1n) is 14.8. The molecular formula is C31H37N7O6. The summed E-state index contributed by atoms with van der Waals surface area (Å²) >= 11 is 0. The number of imidazole rings is 1. The van der Waals surface area contributed by atoms with Crippen molar-refractivity contribution < 1.29 is 30.0 Å². The van der Waals surface area contributed by atoms with Crippen LogP contribution in [0.5, 0.6) is 0 Å². The summed E-state index contributed by atoms with van der Waals surface area (Å²) in [4.78, 5) is 26.4. The molecule has 1 aliphatic heterocycles. The number of aromatic nitrogens is 4. The summed E-state index contributed by atoms with van der Waals surface area (Å²) in [6, 6.07) is 19.9. The number of rotatable bonds is 10. The van der Waals surface area contributed by atoms with E-state index in [1.54, 1.807) is 6.92 Å². The third-order valence-corrected chi connectivity index (χ3v) is 8.25. The first kappa shape index (κ1) is 29.9. The highest BCUT2D eigenvalue weighted by atomic mass is 16.6. The maximum atomic E-state index is 12.5. The minimum Gasteiger partial charge on any atom is -0.390 e. The van der Waals surface area contributed by atoms with E-state index in [4.69, 9.17) is 9.72 Å². The van der Waals surface area contributed by atoms with Crippen molar-refractivity contribution in [3.8, 4) is 0 Å². The molecular weight excluding hydrogens is 566 g/mol. The summed E-state index contributed by atoms with van der Waals surface area (Å²) in [6.45, 7) is 2.56. The van der Waals surface area contributed by atoms with E-state index >= 15 is 0 Å². The largest absolute Gasteiger partial charge is 0.390 e. The Labute approximate surface area is 254 Å². The highest BCUT2D eigenvalue weighted by molar-refractivity contribution is 5.85. The lowest BCUT2D eigenvalue weighted by molar-refractivity contribution is -0.137. The molecule has 2 aromatic carbocycles. The summed E-state index contributed by atoms with van der Waals surface area (Å²) in [5.41, 5.74) is 2.92. The molecule has 1 saturated carbocycles. The molecule has 4 aromatic rings. The number of hydrogen-bond acceptors (Lipinski definition) is 11. The Hall–Kier alpha value is -4.14. The van der Waals surface area contributed by atoms with Gasteiger partial charge in [0.05, 0.1) is 18.5 Å². The minimum atomic E-state index is -1.46. The van der Waals surface area contributed by atoms with Crippen LogP contribution in [0.3, 0.4) is 0 Å². The van der Waals surface area contributed by atoms with Crippen molar-refractivity contribution in [2.75, 3.05) is 23.7 Å². The number of likely N-dealkylation sites (N-methyl/N-ethyl adjacent to an activating group) is 1. The summed E-state index contributed by atoms with van der Waals surface area (Å²) in [6.07, 6.45) is -4.94. The topological polar surface area (TPSA) is 187 Å². The van der Waals surface area contributed by atoms with E-state index in [9.17, 15) is 25.2 Å². The van der Waals surface area contributed by atoms with Gasteiger partial charge in [-0.05, 0) is 30.9 Å². The molecule has 13 nitrogen and oxygen atoms in total. The fraction of sp³-hybridized carbons (Fsp3) is 0.419. The van der Waals surface area contributed by atoms with Gasteiger partial charge >= 0.3 is 0 Å². The molecule has 2 aliphatic rings. The SMILES string of the molecule is CCNC(=O)[C@H]1O[C@H](n2cnc3c(NCC(c4ccccc4)c4ccccc4)nc(NC4CC(O)C(O)C4)nc32)[C@H](O)[C@H]1O. The van der Waals surface area contributed by atoms with E-state index in [0.29, 0.717) is 42.9 Å². The quantitative estimate of drug-likeness (QED) is 0.138. The molecule has 0 spiro atoms. The molecule has 44 heavy (non-hydrogen) atoms. The van der Waals surface area contributed by atoms with E-state index in [-0.39, 0.29) is 17.9 Å². The molecule has 1 amide bonds. The zero-order valence-electron chi connectivity index (χ0n) is 24.2. The van der Waals surface area contributed by atoms with Gasteiger partial charge in [-0.3, -0.25) is 9.36 Å². The zero-order chi connectivity index (χ0) is 30.8. The maximum absolute atomic E-state index is 12.5. The highest BCUT2D eigenvalue weighted by Crippen LogP contribution is 2.34. The molecule has 1 saturated heterocycles. The van der Waals surface area contributed by atoms with E-state index in [2.05, 4.69) is 50.2 Å². The monoisotopic (exact) mass is 603 g/mol. The van der Waals surface area contributed by atoms with Crippen molar-refractivity contribution in [1.82, 2.24) is 24.8 Å². The first-order chi connectivity index (χ1) is 21.3. The summed E-state index contributed by atoms with van der Waals surface area (Å²) < 4.78 is 7.33. The standard InChI is InChI=1S/C31H37N7O6/c1-2-32-29(43)26-24(41)25(42)30(44-26)38-16-34-23-27(36-31(37-28(23)38)35-19-13-21(39)22(40)14-19)33-15-20(17-9-5-3-6-10-17)18-11-7-4-8-12-18/h3-12,16,19-22,24-26,30,39-42H,2,13-15H2,1H3,(H,32,43)(H2,33,35,36,37)/t19?,21?,22?,24-,25-,26+,30+/m1/s1. The van der Waals surface area contributed by atoms with E-state index in [1.807, 2.05) is 36.4 Å². The Morgan fingerprint density at radius 3 is 2.20 bits per heavy atom. The predicted molar refractivity (Wildman–Crippen MR) is 162 cm³/mol. The number of amides is 1. The van der Waals surface area contributed by atoms with E-state index in [0.717, 1.165) is 11.1 Å². The Kier molecular flexibility index (Phi) is 8.73. The zero-order valence-corrected chi connectivity index (χ0v) is 24.2. The Morgan fingerprint density at radius 1 is 0.955 bits per heavy atom. The van der Waals surface area contributed by atoms with Gasteiger partial charge in [-0.25, -0.2) is 4.98 Å². The number of nitrogens with zero attached hydrogens (tertiary/aromatic N) is 4. The van der Waals surface area contributed by atoms with Crippen LogP contribution in [0.1, 0.15) is 43.0 Å². The van der Waals surface area contributed by atoms with Gasteiger partial charge in [-0.15, -0.1) is 0 Å². The second-order valence-corrected chi connectivity index (χ2v) is 11.2. The van der Waals surface area contributed by atoms with Gasteiger partial charge in [0.1, 0.15) is 12.2 Å². The number of carbonyl (C=O) groups excluding carboxylic acids is 1. The van der Waals surface area contributed by atoms with Crippen LogP contribution in [-0.2, 0) is 9.53 Å². The molecule has 3 heterocycles. The van der Waals surface area contributed by atoms with E-state index < -0.39 is 42.7 Å². The second-order valence-electron chi connectivity index (χ2n) is 11.2. The maximum Gasteiger partial charge on any atom is 0.252 e. The molecule has 232 valence electrons. The third kappa shape index (κ3) is 5.97. The average Bonchev–Trinajstić information content (AvgIpc) is 3.68. The number of hydrogen-bond donors (Lipinski definition) is 7. The van der Waals surface area contributed by atoms with Crippen molar-refractivity contribution >= 4 is 28.8 Å². The Morgan fingerprint density at radius 2 is 1.59 bits per heavy atom. The van der Waals surface area contributed by atoms with Crippen LogP contribution in [-0.4, -0.2) is 95.5 Å². The van der Waals surface area contributed by atoms with Gasteiger partial charge in [0, 0.05) is 25.0 Å². The third-order valence-electron chi connectivity index (χ3n) is 8.25. The molecule has 1 aliphatic carbocycles. The summed E-state index contributed by atoms with van der Waals surface area (Å²) in [5, 5.41) is 51.0. The van der Waals surface area contributed by atoms with Crippen LogP contribution in [0.4, 0.5) is 11.8 Å². The van der Waals surface area contributed by atoms with Crippen molar-refractivity contribution in [2.24, 2.45) is 0 Å². The molecule has 0 bridgehead atoms. The number of ether oxygens (including phenoxy) is 1. The lowest BCUT2D eigenvalue weighted by Gasteiger charge is -2.20. The fourth-order valence-corrected chi connectivity index (χ4v) is 5.96. The number of nitrogens with one attached hydrogen (secondary N) is 3. The van der Waals surface area contributed by atoms with Crippen LogP contribution in [0.15, 0.2) is 67.0 Å². The van der Waals surface area contributed by atoms with Crippen molar-refractivity contribution in [3.63, 3.8) is 0 Å². The number of aliphatic hydroxyl groups excluding tert-OH is 4. The summed E-state index contributed by atoms with van der Waals surface area (Å²) in [7, 11) is 0. The van der Waals surface area contributed by atoms with Gasteiger partial charge in [0.25, 0.3) is 5.91 Å². The molecule has 6 atom stereocenters. The first-order valence-corrected chi connectivity index (χ1v) is 14.8. The number of benzene rings is 2. The van der Waals surface area contributed by atoms with Crippen molar-refractivity contribution in [2.45, 2.75) is 68.5 Å². The predicted octanol–water partition coefficient (Wildman–Crippen LogP) is 1.12. The lowest BCUT2D eigenvalue weighted by Crippen LogP contribution is -2.42. The summed E-state index contributed by atoms with van der Waals surface area (Å²) in [5.74, 6) is 0.0865. The normalized spacial score (nSPS) is 26.7. The molecule has 7 N–H and O–H groups in total. The number of fused-ring (bicyclic) bond motifs is 1. The van der Waals surface area contributed by atoms with Gasteiger partial charge < -0.3 is 41.1 Å². The van der Waals surface area contributed by atoms with Crippen LogP contribution < -0.4 is 16.0 Å². The van der Waals surface area contributed by atoms with Crippen molar-refractivity contribution in [1.29, 1.82) is 0 Å². The molecule has 2 unspecified atom stereocenters. The molecule has 6 rings (SSSR count). The number of aliphatic hydroxyl groups is 4. The van der Waals surface area contributed by atoms with Crippen molar-refractivity contribution in [3.05, 3.63) is 78.1 Å². The minimum absolute atomic E-state index is 0.0194.